The Morgan fingerprint density at radius 2 is 1.84 bits per heavy atom. The molecule has 1 aromatic carbocycles. The van der Waals surface area contributed by atoms with Crippen LogP contribution >= 0.6 is 24.0 Å². The van der Waals surface area contributed by atoms with E-state index in [0.29, 0.717) is 6.04 Å². The number of aromatic nitrogens is 1. The van der Waals surface area contributed by atoms with Gasteiger partial charge >= 0.3 is 0 Å². The van der Waals surface area contributed by atoms with Crippen LogP contribution in [-0.2, 0) is 13.1 Å². The molecule has 0 bridgehead atoms. The fraction of sp³-hybridized carbons (Fsp3) is 0.500. The number of rotatable bonds is 9. The maximum Gasteiger partial charge on any atom is 0.191 e. The van der Waals surface area contributed by atoms with E-state index in [9.17, 15) is 0 Å². The summed E-state index contributed by atoms with van der Waals surface area (Å²) < 4.78 is 0. The molecule has 31 heavy (non-hydrogen) atoms. The first-order valence-electron chi connectivity index (χ1n) is 11.0. The molecule has 2 aromatic rings. The van der Waals surface area contributed by atoms with Crippen molar-refractivity contribution in [2.45, 2.75) is 45.3 Å². The van der Waals surface area contributed by atoms with Gasteiger partial charge in [-0.15, -0.1) is 24.0 Å². The highest BCUT2D eigenvalue weighted by Crippen LogP contribution is 2.17. The molecule has 3 rings (SSSR count). The van der Waals surface area contributed by atoms with Crippen molar-refractivity contribution >= 4 is 35.8 Å². The first-order chi connectivity index (χ1) is 14.7. The fourth-order valence-corrected chi connectivity index (χ4v) is 3.71. The first-order valence-corrected chi connectivity index (χ1v) is 11.0. The summed E-state index contributed by atoms with van der Waals surface area (Å²) in [4.78, 5) is 13.7. The predicted molar refractivity (Wildman–Crippen MR) is 141 cm³/mol. The molecule has 0 aliphatic carbocycles. The lowest BCUT2D eigenvalue weighted by Gasteiger charge is -2.25. The summed E-state index contributed by atoms with van der Waals surface area (Å²) in [6, 6.07) is 15.4. The second-order valence-corrected chi connectivity index (χ2v) is 8.11. The van der Waals surface area contributed by atoms with Gasteiger partial charge in [-0.1, -0.05) is 36.4 Å². The molecule has 2 heterocycles. The van der Waals surface area contributed by atoms with E-state index in [2.05, 4.69) is 86.8 Å². The standard InChI is InChI=1S/C24H36N6.HI/c1-20(29(3)19-21-9-5-4-6-10-21)13-14-26-24(25-2)28-18-22-11-12-23(27-17-22)30-15-7-8-16-30;/h4-6,9-12,17,20H,7-8,13-16,18-19H2,1-3H3,(H2,25,26,28);1H. The maximum absolute atomic E-state index is 4.62. The second kappa shape index (κ2) is 13.5. The van der Waals surface area contributed by atoms with Gasteiger partial charge in [-0.3, -0.25) is 9.89 Å². The van der Waals surface area contributed by atoms with E-state index in [1.54, 1.807) is 0 Å². The van der Waals surface area contributed by atoms with Gasteiger partial charge in [0.25, 0.3) is 0 Å². The molecule has 2 N–H and O–H groups in total. The van der Waals surface area contributed by atoms with E-state index in [4.69, 9.17) is 0 Å². The Labute approximate surface area is 204 Å². The Balaban J connectivity index is 0.00000341. The van der Waals surface area contributed by atoms with Crippen molar-refractivity contribution in [1.29, 1.82) is 0 Å². The molecule has 0 saturated carbocycles. The van der Waals surface area contributed by atoms with Gasteiger partial charge in [-0.05, 0) is 50.4 Å². The SMILES string of the molecule is CN=C(NCCC(C)N(C)Cc1ccccc1)NCc1ccc(N2CCCC2)nc1.I. The van der Waals surface area contributed by atoms with Crippen molar-refractivity contribution in [3.63, 3.8) is 0 Å². The molecule has 1 aliphatic rings. The Bertz CT molecular complexity index is 774. The number of benzene rings is 1. The molecule has 1 unspecified atom stereocenters. The molecular weight excluding hydrogens is 499 g/mol. The molecule has 170 valence electrons. The summed E-state index contributed by atoms with van der Waals surface area (Å²) in [7, 11) is 4.00. The molecule has 1 fully saturated rings. The van der Waals surface area contributed by atoms with Crippen LogP contribution in [0.2, 0.25) is 0 Å². The molecule has 0 spiro atoms. The van der Waals surface area contributed by atoms with Crippen LogP contribution in [0.5, 0.6) is 0 Å². The van der Waals surface area contributed by atoms with E-state index in [1.165, 1.54) is 18.4 Å². The Hall–Kier alpha value is -1.87. The topological polar surface area (TPSA) is 55.8 Å². The molecule has 1 aromatic heterocycles. The fourth-order valence-electron chi connectivity index (χ4n) is 3.71. The van der Waals surface area contributed by atoms with Gasteiger partial charge in [-0.25, -0.2) is 4.98 Å². The molecule has 7 heteroatoms. The smallest absolute Gasteiger partial charge is 0.191 e. The number of hydrogen-bond acceptors (Lipinski definition) is 4. The monoisotopic (exact) mass is 536 g/mol. The molecule has 1 atom stereocenters. The number of pyridine rings is 1. The van der Waals surface area contributed by atoms with E-state index in [-0.39, 0.29) is 24.0 Å². The zero-order valence-electron chi connectivity index (χ0n) is 19.1. The third-order valence-corrected chi connectivity index (χ3v) is 5.80. The zero-order chi connectivity index (χ0) is 21.2. The third-order valence-electron chi connectivity index (χ3n) is 5.80. The zero-order valence-corrected chi connectivity index (χ0v) is 21.4. The van der Waals surface area contributed by atoms with Gasteiger partial charge in [0.1, 0.15) is 5.82 Å². The maximum atomic E-state index is 4.62. The molecule has 6 nitrogen and oxygen atoms in total. The minimum Gasteiger partial charge on any atom is -0.357 e. The van der Waals surface area contributed by atoms with Crippen LogP contribution in [0.1, 0.15) is 37.3 Å². The summed E-state index contributed by atoms with van der Waals surface area (Å²) in [5, 5.41) is 6.82. The first kappa shape index (κ1) is 25.4. The summed E-state index contributed by atoms with van der Waals surface area (Å²) >= 11 is 0. The van der Waals surface area contributed by atoms with E-state index >= 15 is 0 Å². The number of anilines is 1. The van der Waals surface area contributed by atoms with E-state index in [1.807, 2.05) is 13.2 Å². The van der Waals surface area contributed by atoms with Gasteiger partial charge < -0.3 is 15.5 Å². The quantitative estimate of drug-likeness (QED) is 0.290. The number of nitrogens with one attached hydrogen (secondary N) is 2. The van der Waals surface area contributed by atoms with Gasteiger partial charge in [0, 0.05) is 52.0 Å². The average molecular weight is 537 g/mol. The van der Waals surface area contributed by atoms with Crippen molar-refractivity contribution in [1.82, 2.24) is 20.5 Å². The normalized spacial score (nSPS) is 15.0. The van der Waals surface area contributed by atoms with Crippen molar-refractivity contribution in [3.05, 3.63) is 59.8 Å². The van der Waals surface area contributed by atoms with Crippen molar-refractivity contribution in [2.24, 2.45) is 4.99 Å². The predicted octanol–water partition coefficient (Wildman–Crippen LogP) is 3.88. The average Bonchev–Trinajstić information content (AvgIpc) is 3.32. The summed E-state index contributed by atoms with van der Waals surface area (Å²) in [6.07, 6.45) is 5.56. The minimum absolute atomic E-state index is 0. The van der Waals surface area contributed by atoms with Crippen molar-refractivity contribution in [2.75, 3.05) is 38.6 Å². The number of aliphatic imine (C=N–C) groups is 1. The molecule has 1 saturated heterocycles. The van der Waals surface area contributed by atoms with Crippen LogP contribution in [0.25, 0.3) is 0 Å². The lowest BCUT2D eigenvalue weighted by atomic mass is 10.1. The number of halogens is 1. The van der Waals surface area contributed by atoms with E-state index < -0.39 is 0 Å². The van der Waals surface area contributed by atoms with Crippen molar-refractivity contribution in [3.8, 4) is 0 Å². The van der Waals surface area contributed by atoms with Crippen LogP contribution in [0.4, 0.5) is 5.82 Å². The van der Waals surface area contributed by atoms with Gasteiger partial charge in [-0.2, -0.15) is 0 Å². The molecule has 0 radical (unpaired) electrons. The number of hydrogen-bond donors (Lipinski definition) is 2. The van der Waals surface area contributed by atoms with Crippen LogP contribution < -0.4 is 15.5 Å². The van der Waals surface area contributed by atoms with E-state index in [0.717, 1.165) is 56.5 Å². The van der Waals surface area contributed by atoms with Crippen LogP contribution in [0, 0.1) is 0 Å². The number of guanidine groups is 1. The highest BCUT2D eigenvalue weighted by molar-refractivity contribution is 14.0. The lowest BCUT2D eigenvalue weighted by Crippen LogP contribution is -2.39. The number of nitrogens with zero attached hydrogens (tertiary/aromatic N) is 4. The van der Waals surface area contributed by atoms with Crippen molar-refractivity contribution < 1.29 is 0 Å². The highest BCUT2D eigenvalue weighted by atomic mass is 127. The largest absolute Gasteiger partial charge is 0.357 e. The van der Waals surface area contributed by atoms with Crippen LogP contribution in [0.15, 0.2) is 53.7 Å². The second-order valence-electron chi connectivity index (χ2n) is 8.11. The van der Waals surface area contributed by atoms with Gasteiger partial charge in [0.2, 0.25) is 0 Å². The highest BCUT2D eigenvalue weighted by Gasteiger charge is 2.13. The molecule has 0 amide bonds. The van der Waals surface area contributed by atoms with Gasteiger partial charge in [0.15, 0.2) is 5.96 Å². The van der Waals surface area contributed by atoms with Crippen LogP contribution in [-0.4, -0.2) is 55.6 Å². The Kier molecular flexibility index (Phi) is 11.1. The minimum atomic E-state index is 0. The lowest BCUT2D eigenvalue weighted by molar-refractivity contribution is 0.238. The summed E-state index contributed by atoms with van der Waals surface area (Å²) in [5.74, 6) is 1.92. The Morgan fingerprint density at radius 3 is 2.48 bits per heavy atom. The van der Waals surface area contributed by atoms with Crippen LogP contribution in [0.3, 0.4) is 0 Å². The Morgan fingerprint density at radius 1 is 1.10 bits per heavy atom. The molecule has 1 aliphatic heterocycles. The third kappa shape index (κ3) is 8.29. The summed E-state index contributed by atoms with van der Waals surface area (Å²) in [5.41, 5.74) is 2.51. The summed E-state index contributed by atoms with van der Waals surface area (Å²) in [6.45, 7) is 7.09. The molecular formula is C24H37IN6. The van der Waals surface area contributed by atoms with Gasteiger partial charge in [0.05, 0.1) is 0 Å².